The zero-order valence-corrected chi connectivity index (χ0v) is 10.9. The summed E-state index contributed by atoms with van der Waals surface area (Å²) < 4.78 is 12.6. The van der Waals surface area contributed by atoms with Crippen LogP contribution in [-0.2, 0) is 6.54 Å². The molecule has 0 aliphatic carbocycles. The first-order chi connectivity index (χ1) is 9.19. The number of anilines is 1. The van der Waals surface area contributed by atoms with E-state index in [9.17, 15) is 0 Å². The fourth-order valence-corrected chi connectivity index (χ4v) is 1.85. The number of nitrogens with two attached hydrogens (primary N) is 1. The second kappa shape index (κ2) is 5.36. The van der Waals surface area contributed by atoms with Crippen LogP contribution in [0.1, 0.15) is 12.6 Å². The molecule has 2 N–H and O–H groups in total. The lowest BCUT2D eigenvalue weighted by atomic mass is 10.3. The maximum atomic E-state index is 9.03. The molecular weight excluding hydrogens is 242 g/mol. The number of rotatable bonds is 4. The number of aromatic nitrogens is 1. The summed E-state index contributed by atoms with van der Waals surface area (Å²) in [6.45, 7) is 2.54. The lowest BCUT2D eigenvalue weighted by Crippen LogP contribution is -2.01. The molecule has 98 valence electrons. The maximum Gasteiger partial charge on any atom is 0.224 e. The number of benzene rings is 1. The zero-order chi connectivity index (χ0) is 13.8. The van der Waals surface area contributed by atoms with Crippen LogP contribution in [-0.4, -0.2) is 11.7 Å². The molecule has 0 radical (unpaired) electrons. The number of nitrogen functional groups attached to an aromatic ring is 1. The van der Waals surface area contributed by atoms with E-state index in [2.05, 4.69) is 6.07 Å². The molecule has 0 fully saturated rings. The monoisotopic (exact) mass is 257 g/mol. The third-order valence-corrected chi connectivity index (χ3v) is 2.76. The molecule has 0 aliphatic rings. The highest BCUT2D eigenvalue weighted by Crippen LogP contribution is 2.32. The van der Waals surface area contributed by atoms with Gasteiger partial charge in [0.25, 0.3) is 0 Å². The van der Waals surface area contributed by atoms with E-state index >= 15 is 0 Å². The minimum Gasteiger partial charge on any atom is -0.497 e. The van der Waals surface area contributed by atoms with E-state index in [1.165, 1.54) is 0 Å². The van der Waals surface area contributed by atoms with Crippen LogP contribution in [0.2, 0.25) is 0 Å². The Kier molecular flexibility index (Phi) is 3.62. The Morgan fingerprint density at radius 2 is 2.05 bits per heavy atom. The molecule has 0 atom stereocenters. The van der Waals surface area contributed by atoms with Gasteiger partial charge in [-0.05, 0) is 19.1 Å². The molecule has 0 saturated carbocycles. The summed E-state index contributed by atoms with van der Waals surface area (Å²) in [4.78, 5) is 0. The van der Waals surface area contributed by atoms with Gasteiger partial charge in [0.1, 0.15) is 23.3 Å². The van der Waals surface area contributed by atoms with Crippen LogP contribution in [0, 0.1) is 11.3 Å². The van der Waals surface area contributed by atoms with Gasteiger partial charge >= 0.3 is 0 Å². The van der Waals surface area contributed by atoms with Crippen molar-refractivity contribution in [3.05, 3.63) is 36.0 Å². The second-order valence-electron chi connectivity index (χ2n) is 3.93. The standard InChI is InChI=1S/C14H15N3O2/c1-3-17-10(9-15)7-13(16)14(17)19-12-6-4-5-11(8-12)18-2/h4-8H,3,16H2,1-2H3. The molecule has 2 aromatic rings. The van der Waals surface area contributed by atoms with Crippen molar-refractivity contribution in [2.45, 2.75) is 13.5 Å². The Morgan fingerprint density at radius 1 is 1.32 bits per heavy atom. The first-order valence-electron chi connectivity index (χ1n) is 5.90. The number of nitriles is 1. The van der Waals surface area contributed by atoms with Crippen LogP contribution < -0.4 is 15.2 Å². The van der Waals surface area contributed by atoms with Gasteiger partial charge in [0, 0.05) is 18.7 Å². The van der Waals surface area contributed by atoms with Crippen molar-refractivity contribution in [2.24, 2.45) is 0 Å². The Morgan fingerprint density at radius 3 is 2.68 bits per heavy atom. The van der Waals surface area contributed by atoms with Crippen molar-refractivity contribution in [1.29, 1.82) is 5.26 Å². The van der Waals surface area contributed by atoms with Gasteiger partial charge in [-0.1, -0.05) is 6.07 Å². The van der Waals surface area contributed by atoms with Crippen LogP contribution in [0.5, 0.6) is 17.4 Å². The fraction of sp³-hybridized carbons (Fsp3) is 0.214. The summed E-state index contributed by atoms with van der Waals surface area (Å²) in [5, 5.41) is 9.03. The molecule has 0 saturated heterocycles. The third-order valence-electron chi connectivity index (χ3n) is 2.76. The SMILES string of the molecule is CCn1c(C#N)cc(N)c1Oc1cccc(OC)c1. The molecule has 5 nitrogen and oxygen atoms in total. The molecule has 0 unspecified atom stereocenters. The average molecular weight is 257 g/mol. The first-order valence-corrected chi connectivity index (χ1v) is 5.90. The summed E-state index contributed by atoms with van der Waals surface area (Å²) in [6.07, 6.45) is 0. The molecule has 5 heteroatoms. The molecule has 0 amide bonds. The molecule has 2 rings (SSSR count). The van der Waals surface area contributed by atoms with Gasteiger partial charge in [0.2, 0.25) is 5.88 Å². The second-order valence-corrected chi connectivity index (χ2v) is 3.93. The predicted molar refractivity (Wildman–Crippen MR) is 72.3 cm³/mol. The minimum absolute atomic E-state index is 0.446. The third kappa shape index (κ3) is 2.47. The minimum atomic E-state index is 0.446. The van der Waals surface area contributed by atoms with E-state index < -0.39 is 0 Å². The highest BCUT2D eigenvalue weighted by molar-refractivity contribution is 5.56. The highest BCUT2D eigenvalue weighted by Gasteiger charge is 2.14. The fourth-order valence-electron chi connectivity index (χ4n) is 1.85. The van der Waals surface area contributed by atoms with E-state index in [1.54, 1.807) is 29.9 Å². The Labute approximate surface area is 111 Å². The van der Waals surface area contributed by atoms with E-state index in [-0.39, 0.29) is 0 Å². The van der Waals surface area contributed by atoms with Crippen molar-refractivity contribution in [2.75, 3.05) is 12.8 Å². The number of ether oxygens (including phenoxy) is 2. The Bertz CT molecular complexity index is 626. The van der Waals surface area contributed by atoms with Crippen molar-refractivity contribution in [1.82, 2.24) is 4.57 Å². The normalized spacial score (nSPS) is 9.95. The predicted octanol–water partition coefficient (Wildman–Crippen LogP) is 2.76. The van der Waals surface area contributed by atoms with E-state index in [0.29, 0.717) is 35.3 Å². The van der Waals surface area contributed by atoms with Crippen LogP contribution in [0.15, 0.2) is 30.3 Å². The zero-order valence-electron chi connectivity index (χ0n) is 10.9. The number of nitrogens with zero attached hydrogens (tertiary/aromatic N) is 2. The lowest BCUT2D eigenvalue weighted by molar-refractivity contribution is 0.403. The van der Waals surface area contributed by atoms with Crippen molar-refractivity contribution in [3.8, 4) is 23.4 Å². The van der Waals surface area contributed by atoms with Gasteiger partial charge in [0.05, 0.1) is 12.8 Å². The maximum absolute atomic E-state index is 9.03. The summed E-state index contributed by atoms with van der Waals surface area (Å²) in [5.74, 6) is 1.79. The highest BCUT2D eigenvalue weighted by atomic mass is 16.5. The molecule has 1 aromatic carbocycles. The van der Waals surface area contributed by atoms with Gasteiger partial charge in [-0.2, -0.15) is 5.26 Å². The van der Waals surface area contributed by atoms with Crippen molar-refractivity contribution in [3.63, 3.8) is 0 Å². The van der Waals surface area contributed by atoms with E-state index in [4.69, 9.17) is 20.5 Å². The molecule has 0 bridgehead atoms. The van der Waals surface area contributed by atoms with Gasteiger partial charge in [-0.25, -0.2) is 0 Å². The molecule has 1 aromatic heterocycles. The van der Waals surface area contributed by atoms with Crippen molar-refractivity contribution < 1.29 is 9.47 Å². The summed E-state index contributed by atoms with van der Waals surface area (Å²) in [7, 11) is 1.59. The molecular formula is C14H15N3O2. The van der Waals surface area contributed by atoms with Crippen LogP contribution in [0.25, 0.3) is 0 Å². The topological polar surface area (TPSA) is 73.2 Å². The summed E-state index contributed by atoms with van der Waals surface area (Å²) in [6, 6.07) is 10.9. The van der Waals surface area contributed by atoms with Crippen LogP contribution >= 0.6 is 0 Å². The number of hydrogen-bond donors (Lipinski definition) is 1. The molecule has 19 heavy (non-hydrogen) atoms. The summed E-state index contributed by atoms with van der Waals surface area (Å²) >= 11 is 0. The van der Waals surface area contributed by atoms with Crippen LogP contribution in [0.4, 0.5) is 5.69 Å². The first kappa shape index (κ1) is 12.8. The molecule has 0 aliphatic heterocycles. The van der Waals surface area contributed by atoms with Gasteiger partial charge in [-0.3, -0.25) is 0 Å². The van der Waals surface area contributed by atoms with Gasteiger partial charge < -0.3 is 19.8 Å². The Balaban J connectivity index is 2.38. The summed E-state index contributed by atoms with van der Waals surface area (Å²) in [5.41, 5.74) is 6.81. The Hall–Kier alpha value is -2.61. The molecule has 1 heterocycles. The lowest BCUT2D eigenvalue weighted by Gasteiger charge is -2.11. The van der Waals surface area contributed by atoms with Gasteiger partial charge in [0.15, 0.2) is 0 Å². The van der Waals surface area contributed by atoms with Crippen molar-refractivity contribution >= 4 is 5.69 Å². The number of methoxy groups -OCH3 is 1. The largest absolute Gasteiger partial charge is 0.497 e. The van der Waals surface area contributed by atoms with E-state index in [0.717, 1.165) is 0 Å². The van der Waals surface area contributed by atoms with Crippen LogP contribution in [0.3, 0.4) is 0 Å². The molecule has 0 spiro atoms. The number of hydrogen-bond acceptors (Lipinski definition) is 4. The average Bonchev–Trinajstić information content (AvgIpc) is 2.75. The van der Waals surface area contributed by atoms with E-state index in [1.807, 2.05) is 19.1 Å². The quantitative estimate of drug-likeness (QED) is 0.914. The smallest absolute Gasteiger partial charge is 0.224 e. The van der Waals surface area contributed by atoms with Gasteiger partial charge in [-0.15, -0.1) is 0 Å².